The lowest BCUT2D eigenvalue weighted by Crippen LogP contribution is -2.46. The van der Waals surface area contributed by atoms with Gasteiger partial charge in [-0.05, 0) is 32.6 Å². The lowest BCUT2D eigenvalue weighted by Gasteiger charge is -2.25. The maximum Gasteiger partial charge on any atom is 0.421 e. The van der Waals surface area contributed by atoms with E-state index in [9.17, 15) is 18.3 Å². The molecule has 0 aromatic rings. The van der Waals surface area contributed by atoms with Crippen molar-refractivity contribution in [3.8, 4) is 0 Å². The Morgan fingerprint density at radius 1 is 1.35 bits per heavy atom. The summed E-state index contributed by atoms with van der Waals surface area (Å²) in [6, 6.07) is -0.245. The van der Waals surface area contributed by atoms with Gasteiger partial charge in [-0.3, -0.25) is 0 Å². The van der Waals surface area contributed by atoms with Crippen molar-refractivity contribution in [1.29, 1.82) is 0 Å². The first-order chi connectivity index (χ1) is 7.93. The Morgan fingerprint density at radius 2 is 1.94 bits per heavy atom. The predicted octanol–water partition coefficient (Wildman–Crippen LogP) is -0.130. The summed E-state index contributed by atoms with van der Waals surface area (Å²) in [5.41, 5.74) is 0. The zero-order chi connectivity index (χ0) is 12.9. The maximum absolute atomic E-state index is 11.5. The molecule has 0 spiro atoms. The van der Waals surface area contributed by atoms with E-state index in [2.05, 4.69) is 9.46 Å². The van der Waals surface area contributed by atoms with Crippen molar-refractivity contribution in [3.05, 3.63) is 0 Å². The summed E-state index contributed by atoms with van der Waals surface area (Å²) in [6.45, 7) is 1.69. The number of amides is 1. The van der Waals surface area contributed by atoms with Crippen LogP contribution in [0.5, 0.6) is 0 Å². The van der Waals surface area contributed by atoms with Crippen molar-refractivity contribution in [2.75, 3.05) is 6.61 Å². The van der Waals surface area contributed by atoms with E-state index in [0.717, 1.165) is 0 Å². The van der Waals surface area contributed by atoms with Gasteiger partial charge in [0.25, 0.3) is 0 Å². The third kappa shape index (κ3) is 5.33. The van der Waals surface area contributed by atoms with E-state index in [1.165, 1.54) is 0 Å². The molecule has 1 fully saturated rings. The number of carbonyl (C=O) groups is 1. The van der Waals surface area contributed by atoms with Gasteiger partial charge in [-0.15, -0.1) is 0 Å². The van der Waals surface area contributed by atoms with Gasteiger partial charge < -0.3 is 9.84 Å². The number of aliphatic hydroxyl groups excluding tert-OH is 1. The fourth-order valence-electron chi connectivity index (χ4n) is 1.71. The minimum absolute atomic E-state index is 0.108. The molecule has 0 radical (unpaired) electrons. The third-order valence-electron chi connectivity index (χ3n) is 2.51. The van der Waals surface area contributed by atoms with Crippen molar-refractivity contribution in [2.24, 2.45) is 0 Å². The molecule has 0 aromatic heterocycles. The summed E-state index contributed by atoms with van der Waals surface area (Å²) < 4.78 is 31.5. The molecule has 0 unspecified atom stereocenters. The van der Waals surface area contributed by atoms with Gasteiger partial charge in [0.1, 0.15) is 0 Å². The first kappa shape index (κ1) is 14.2. The summed E-state index contributed by atoms with van der Waals surface area (Å²) in [4.78, 5) is 11.0. The number of nitrogens with one attached hydrogen (secondary N) is 2. The van der Waals surface area contributed by atoms with Gasteiger partial charge in [0.05, 0.1) is 12.7 Å². The second kappa shape index (κ2) is 6.18. The zero-order valence-electron chi connectivity index (χ0n) is 9.68. The van der Waals surface area contributed by atoms with Gasteiger partial charge in [-0.25, -0.2) is 9.52 Å². The van der Waals surface area contributed by atoms with E-state index in [0.29, 0.717) is 25.7 Å². The number of hydrogen-bond acceptors (Lipinski definition) is 5. The molecule has 17 heavy (non-hydrogen) atoms. The summed E-state index contributed by atoms with van der Waals surface area (Å²) in [7, 11) is -3.88. The molecule has 1 aliphatic carbocycles. The van der Waals surface area contributed by atoms with E-state index >= 15 is 0 Å². The van der Waals surface area contributed by atoms with Crippen molar-refractivity contribution in [2.45, 2.75) is 44.8 Å². The lowest BCUT2D eigenvalue weighted by molar-refractivity contribution is 0.120. The SMILES string of the molecule is CCOC(=O)NS(=O)(=O)NC1CCC(O)CC1. The molecule has 0 saturated heterocycles. The van der Waals surface area contributed by atoms with Gasteiger partial charge in [-0.1, -0.05) is 0 Å². The van der Waals surface area contributed by atoms with Crippen LogP contribution in [0.1, 0.15) is 32.6 Å². The van der Waals surface area contributed by atoms with Crippen LogP contribution < -0.4 is 9.44 Å². The van der Waals surface area contributed by atoms with E-state index in [1.54, 1.807) is 11.6 Å². The molecule has 1 rings (SSSR count). The highest BCUT2D eigenvalue weighted by molar-refractivity contribution is 7.88. The molecule has 0 aliphatic heterocycles. The Hall–Kier alpha value is -0.860. The molecule has 0 atom stereocenters. The van der Waals surface area contributed by atoms with Crippen LogP contribution in [0.15, 0.2) is 0 Å². The quantitative estimate of drug-likeness (QED) is 0.657. The highest BCUT2D eigenvalue weighted by Crippen LogP contribution is 2.18. The molecular weight excluding hydrogens is 248 g/mol. The fraction of sp³-hybridized carbons (Fsp3) is 0.889. The van der Waals surface area contributed by atoms with Crippen LogP contribution in [0.2, 0.25) is 0 Å². The van der Waals surface area contributed by atoms with E-state index in [4.69, 9.17) is 0 Å². The Labute approximate surface area is 101 Å². The van der Waals surface area contributed by atoms with Crippen LogP contribution in [0.4, 0.5) is 4.79 Å². The molecule has 1 aliphatic rings. The molecule has 1 saturated carbocycles. The van der Waals surface area contributed by atoms with Crippen LogP contribution in [0, 0.1) is 0 Å². The number of aliphatic hydroxyl groups is 1. The summed E-state index contributed by atoms with van der Waals surface area (Å²) >= 11 is 0. The Kier molecular flexibility index (Phi) is 5.16. The van der Waals surface area contributed by atoms with Gasteiger partial charge in [0.2, 0.25) is 0 Å². The van der Waals surface area contributed by atoms with Crippen molar-refractivity contribution >= 4 is 16.3 Å². The van der Waals surface area contributed by atoms with Crippen LogP contribution in [0.25, 0.3) is 0 Å². The lowest BCUT2D eigenvalue weighted by atomic mass is 9.94. The Bertz CT molecular complexity index is 348. The average molecular weight is 266 g/mol. The standard InChI is InChI=1S/C9H18N2O5S/c1-2-16-9(13)11-17(14,15)10-7-3-5-8(12)6-4-7/h7-8,10,12H,2-6H2,1H3,(H,11,13). The number of rotatable bonds is 4. The normalized spacial score (nSPS) is 25.3. The molecule has 0 heterocycles. The molecule has 8 heteroatoms. The molecule has 0 bridgehead atoms. The van der Waals surface area contributed by atoms with Crippen LogP contribution in [0.3, 0.4) is 0 Å². The minimum atomic E-state index is -3.88. The van der Waals surface area contributed by atoms with Crippen LogP contribution >= 0.6 is 0 Å². The highest BCUT2D eigenvalue weighted by Gasteiger charge is 2.24. The minimum Gasteiger partial charge on any atom is -0.449 e. The van der Waals surface area contributed by atoms with E-state index < -0.39 is 16.3 Å². The molecule has 3 N–H and O–H groups in total. The van der Waals surface area contributed by atoms with Gasteiger partial charge in [-0.2, -0.15) is 13.1 Å². The van der Waals surface area contributed by atoms with Gasteiger partial charge in [0, 0.05) is 6.04 Å². The molecule has 0 aromatic carbocycles. The van der Waals surface area contributed by atoms with Crippen LogP contribution in [-0.2, 0) is 14.9 Å². The number of carbonyl (C=O) groups excluding carboxylic acids is 1. The molecule has 100 valence electrons. The maximum atomic E-state index is 11.5. The first-order valence-electron chi connectivity index (χ1n) is 5.58. The zero-order valence-corrected chi connectivity index (χ0v) is 10.5. The second-order valence-corrected chi connectivity index (χ2v) is 5.40. The Balaban J connectivity index is 2.41. The Morgan fingerprint density at radius 3 is 2.47 bits per heavy atom. The summed E-state index contributed by atoms with van der Waals surface area (Å²) in [5.74, 6) is 0. The van der Waals surface area contributed by atoms with E-state index in [-0.39, 0.29) is 18.8 Å². The van der Waals surface area contributed by atoms with Crippen molar-refractivity contribution in [3.63, 3.8) is 0 Å². The molecule has 1 amide bonds. The second-order valence-electron chi connectivity index (χ2n) is 3.95. The summed E-state index contributed by atoms with van der Waals surface area (Å²) in [6.07, 6.45) is 0.902. The first-order valence-corrected chi connectivity index (χ1v) is 7.06. The van der Waals surface area contributed by atoms with Crippen molar-refractivity contribution in [1.82, 2.24) is 9.44 Å². The summed E-state index contributed by atoms with van der Waals surface area (Å²) in [5, 5.41) is 9.27. The van der Waals surface area contributed by atoms with E-state index in [1.807, 2.05) is 0 Å². The smallest absolute Gasteiger partial charge is 0.421 e. The number of hydrogen-bond donors (Lipinski definition) is 3. The average Bonchev–Trinajstić information content (AvgIpc) is 2.20. The van der Waals surface area contributed by atoms with Gasteiger partial charge in [0.15, 0.2) is 0 Å². The third-order valence-corrected chi connectivity index (χ3v) is 3.59. The molecular formula is C9H18N2O5S. The predicted molar refractivity (Wildman–Crippen MR) is 60.5 cm³/mol. The largest absolute Gasteiger partial charge is 0.449 e. The topological polar surface area (TPSA) is 105 Å². The fourth-order valence-corrected chi connectivity index (χ4v) is 2.72. The monoisotopic (exact) mass is 266 g/mol. The number of ether oxygens (including phenoxy) is 1. The molecule has 7 nitrogen and oxygen atoms in total. The highest BCUT2D eigenvalue weighted by atomic mass is 32.2. The van der Waals surface area contributed by atoms with Crippen LogP contribution in [-0.4, -0.2) is 38.4 Å². The van der Waals surface area contributed by atoms with Crippen molar-refractivity contribution < 1.29 is 23.1 Å². The van der Waals surface area contributed by atoms with Gasteiger partial charge >= 0.3 is 16.3 Å².